The van der Waals surface area contributed by atoms with E-state index in [-0.39, 0.29) is 10.8 Å². The first-order valence-corrected chi connectivity index (χ1v) is 8.56. The number of quaternary nitrogens is 1. The lowest BCUT2D eigenvalue weighted by Crippen LogP contribution is -3.14. The lowest BCUT2D eigenvalue weighted by molar-refractivity contribution is -0.928. The first-order chi connectivity index (χ1) is 11.9. The number of likely N-dealkylation sites (tertiary alicyclic amines) is 1. The van der Waals surface area contributed by atoms with Gasteiger partial charge < -0.3 is 19.2 Å². The number of esters is 1. The van der Waals surface area contributed by atoms with Gasteiger partial charge in [-0.1, -0.05) is 6.07 Å². The molecule has 1 aromatic heterocycles. The van der Waals surface area contributed by atoms with Gasteiger partial charge in [0, 0.05) is 12.0 Å². The summed E-state index contributed by atoms with van der Waals surface area (Å²) in [6.45, 7) is 4.85. The van der Waals surface area contributed by atoms with Crippen LogP contribution >= 0.6 is 12.2 Å². The highest BCUT2D eigenvalue weighted by Crippen LogP contribution is 2.20. The van der Waals surface area contributed by atoms with E-state index in [2.05, 4.69) is 5.10 Å². The summed E-state index contributed by atoms with van der Waals surface area (Å²) in [6, 6.07) is 5.53. The van der Waals surface area contributed by atoms with E-state index in [1.165, 1.54) is 12.7 Å². The second-order valence-corrected chi connectivity index (χ2v) is 6.81. The molecule has 134 valence electrons. The second kappa shape index (κ2) is 7.07. The molecule has 1 aromatic carbocycles. The predicted octanol–water partition coefficient (Wildman–Crippen LogP) is 0.638. The quantitative estimate of drug-likeness (QED) is 0.612. The number of carbonyl (C=O) groups is 1. The number of rotatable bonds is 4. The number of ether oxygens (including phenoxy) is 1. The number of hydrogen-bond donors (Lipinski definition) is 2. The molecule has 2 heterocycles. The molecule has 3 rings (SSSR count). The lowest BCUT2D eigenvalue weighted by atomic mass is 10.1. The molecule has 1 saturated heterocycles. The Morgan fingerprint density at radius 2 is 2.24 bits per heavy atom. The van der Waals surface area contributed by atoms with Crippen molar-refractivity contribution in [1.29, 1.82) is 0 Å². The Labute approximate surface area is 150 Å². The number of aromatic nitrogens is 2. The van der Waals surface area contributed by atoms with Crippen molar-refractivity contribution in [2.45, 2.75) is 39.1 Å². The Balaban J connectivity index is 1.84. The van der Waals surface area contributed by atoms with Gasteiger partial charge in [-0.3, -0.25) is 0 Å². The summed E-state index contributed by atoms with van der Waals surface area (Å²) >= 11 is 5.27. The van der Waals surface area contributed by atoms with Crippen LogP contribution in [-0.2, 0) is 16.2 Å². The molecule has 0 spiro atoms. The van der Waals surface area contributed by atoms with Crippen LogP contribution in [0.4, 0.5) is 0 Å². The van der Waals surface area contributed by atoms with Gasteiger partial charge in [-0.15, -0.1) is 5.10 Å². The van der Waals surface area contributed by atoms with Crippen molar-refractivity contribution >= 4 is 18.2 Å². The molecule has 0 radical (unpaired) electrons. The Hall–Kier alpha value is -2.03. The lowest BCUT2D eigenvalue weighted by Gasteiger charge is -2.18. The molecule has 1 aliphatic rings. The van der Waals surface area contributed by atoms with Crippen molar-refractivity contribution in [2.75, 3.05) is 13.7 Å². The number of nitrogens with one attached hydrogen (secondary N) is 1. The van der Waals surface area contributed by atoms with Crippen molar-refractivity contribution in [3.8, 4) is 11.5 Å². The predicted molar refractivity (Wildman–Crippen MR) is 92.5 cm³/mol. The highest BCUT2D eigenvalue weighted by molar-refractivity contribution is 7.71. The van der Waals surface area contributed by atoms with E-state index in [0.717, 1.165) is 16.0 Å². The van der Waals surface area contributed by atoms with Gasteiger partial charge in [0.25, 0.3) is 4.84 Å². The van der Waals surface area contributed by atoms with E-state index in [0.29, 0.717) is 25.5 Å². The van der Waals surface area contributed by atoms with Gasteiger partial charge >= 0.3 is 5.97 Å². The van der Waals surface area contributed by atoms with Crippen LogP contribution < -0.4 is 4.90 Å². The minimum Gasteiger partial charge on any atom is -0.465 e. The molecule has 2 N–H and O–H groups in total. The normalized spacial score (nSPS) is 23.0. The molecule has 2 aromatic rings. The zero-order valence-corrected chi connectivity index (χ0v) is 15.3. The Kier molecular flexibility index (Phi) is 5.03. The van der Waals surface area contributed by atoms with E-state index >= 15 is 0 Å². The number of hydrogen-bond acceptors (Lipinski definition) is 6. The molecule has 1 fully saturated rings. The molecular weight excluding hydrogens is 342 g/mol. The fourth-order valence-electron chi connectivity index (χ4n) is 3.14. The number of nitrogens with zero attached hydrogens (tertiary/aromatic N) is 2. The third-order valence-corrected chi connectivity index (χ3v) is 4.99. The second-order valence-electron chi connectivity index (χ2n) is 6.46. The summed E-state index contributed by atoms with van der Waals surface area (Å²) in [6.07, 6.45) is -0.170. The maximum absolute atomic E-state index is 11.9. The topological polar surface area (TPSA) is 81.9 Å². The maximum atomic E-state index is 11.9. The van der Waals surface area contributed by atoms with Crippen LogP contribution in [0.3, 0.4) is 0 Å². The monoisotopic (exact) mass is 364 g/mol. The van der Waals surface area contributed by atoms with Gasteiger partial charge in [0.2, 0.25) is 5.89 Å². The molecule has 8 heteroatoms. The maximum Gasteiger partial charge on any atom is 0.364 e. The zero-order valence-electron chi connectivity index (χ0n) is 14.5. The molecule has 1 unspecified atom stereocenters. The van der Waals surface area contributed by atoms with Crippen LogP contribution in [0.15, 0.2) is 22.6 Å². The Morgan fingerprint density at radius 1 is 1.48 bits per heavy atom. The summed E-state index contributed by atoms with van der Waals surface area (Å²) < 4.78 is 12.0. The minimum atomic E-state index is -0.542. The third kappa shape index (κ3) is 3.65. The molecule has 3 atom stereocenters. The number of aryl methyl sites for hydroxylation is 2. The SMILES string of the molecule is COC(=O)[C@@H]1C[C@H](O)C[NH+]1Cn1nc(-c2ccc(C)c(C)c2)oc1=S. The average molecular weight is 364 g/mol. The van der Waals surface area contributed by atoms with Gasteiger partial charge in [0.15, 0.2) is 12.7 Å². The zero-order chi connectivity index (χ0) is 18.1. The summed E-state index contributed by atoms with van der Waals surface area (Å²) in [4.78, 5) is 13.0. The van der Waals surface area contributed by atoms with Gasteiger partial charge in [0.05, 0.1) is 7.11 Å². The molecule has 0 amide bonds. The van der Waals surface area contributed by atoms with Crippen molar-refractivity contribution < 1.29 is 24.0 Å². The van der Waals surface area contributed by atoms with Crippen LogP contribution in [0.5, 0.6) is 0 Å². The average Bonchev–Trinajstić information content (AvgIpc) is 3.13. The summed E-state index contributed by atoms with van der Waals surface area (Å²) in [5, 5.41) is 14.3. The smallest absolute Gasteiger partial charge is 0.364 e. The highest BCUT2D eigenvalue weighted by Gasteiger charge is 2.41. The molecule has 25 heavy (non-hydrogen) atoms. The van der Waals surface area contributed by atoms with E-state index in [1.54, 1.807) is 4.68 Å². The van der Waals surface area contributed by atoms with E-state index in [1.807, 2.05) is 32.0 Å². The fourth-order valence-corrected chi connectivity index (χ4v) is 3.32. The molecule has 0 aliphatic carbocycles. The number of benzene rings is 1. The number of aliphatic hydroxyl groups excluding tert-OH is 1. The van der Waals surface area contributed by atoms with E-state index < -0.39 is 12.1 Å². The van der Waals surface area contributed by atoms with Gasteiger partial charge in [-0.2, -0.15) is 4.68 Å². The van der Waals surface area contributed by atoms with Crippen LogP contribution in [0.25, 0.3) is 11.5 Å². The molecule has 7 nitrogen and oxygen atoms in total. The van der Waals surface area contributed by atoms with Crippen molar-refractivity contribution in [2.24, 2.45) is 0 Å². The largest absolute Gasteiger partial charge is 0.465 e. The first kappa shape index (κ1) is 17.8. The number of carbonyl (C=O) groups excluding carboxylic acids is 1. The summed E-state index contributed by atoms with van der Waals surface area (Å²) in [7, 11) is 1.35. The number of methoxy groups -OCH3 is 1. The van der Waals surface area contributed by atoms with E-state index in [9.17, 15) is 9.90 Å². The van der Waals surface area contributed by atoms with Crippen molar-refractivity contribution in [3.05, 3.63) is 34.2 Å². The van der Waals surface area contributed by atoms with Gasteiger partial charge in [-0.05, 0) is 49.3 Å². The fraction of sp³-hybridized carbons (Fsp3) is 0.471. The minimum absolute atomic E-state index is 0.241. The van der Waals surface area contributed by atoms with Crippen LogP contribution in [-0.4, -0.2) is 46.7 Å². The molecular formula is C17H22N3O4S+. The van der Waals surface area contributed by atoms with Crippen molar-refractivity contribution in [1.82, 2.24) is 9.78 Å². The third-order valence-electron chi connectivity index (χ3n) is 4.70. The van der Waals surface area contributed by atoms with Crippen LogP contribution in [0.1, 0.15) is 17.5 Å². The number of aliphatic hydroxyl groups is 1. The Morgan fingerprint density at radius 3 is 2.92 bits per heavy atom. The summed E-state index contributed by atoms with van der Waals surface area (Å²) in [5.41, 5.74) is 3.19. The van der Waals surface area contributed by atoms with E-state index in [4.69, 9.17) is 21.4 Å². The molecule has 0 saturated carbocycles. The standard InChI is InChI=1S/C17H21N3O4S/c1-10-4-5-12(6-11(10)2)15-18-20(17(25)24-15)9-19-8-13(21)7-14(19)16(22)23-3/h4-6,13-14,21H,7-9H2,1-3H3/p+1/t13-,14-/m0/s1. The van der Waals surface area contributed by atoms with Crippen LogP contribution in [0, 0.1) is 18.7 Å². The van der Waals surface area contributed by atoms with Gasteiger partial charge in [-0.25, -0.2) is 4.79 Å². The van der Waals surface area contributed by atoms with Crippen LogP contribution in [0.2, 0.25) is 0 Å². The Bertz CT molecular complexity index is 845. The molecule has 0 bridgehead atoms. The molecule has 1 aliphatic heterocycles. The van der Waals surface area contributed by atoms with Gasteiger partial charge in [0.1, 0.15) is 12.6 Å². The van der Waals surface area contributed by atoms with Crippen molar-refractivity contribution in [3.63, 3.8) is 0 Å². The highest BCUT2D eigenvalue weighted by atomic mass is 32.1. The summed E-state index contributed by atoms with van der Waals surface area (Å²) in [5.74, 6) is 0.109. The first-order valence-electron chi connectivity index (χ1n) is 8.15.